The number of nitrogens with one attached hydrogen (secondary N) is 3. The molecule has 0 aromatic heterocycles. The third-order valence-corrected chi connectivity index (χ3v) is 4.08. The molecule has 0 unspecified atom stereocenters. The van der Waals surface area contributed by atoms with Crippen molar-refractivity contribution >= 4 is 28.9 Å². The van der Waals surface area contributed by atoms with Crippen molar-refractivity contribution in [1.82, 2.24) is 0 Å². The Hall–Kier alpha value is -2.82. The van der Waals surface area contributed by atoms with Crippen LogP contribution in [0, 0.1) is 6.92 Å². The van der Waals surface area contributed by atoms with E-state index >= 15 is 0 Å². The first-order chi connectivity index (χ1) is 12.6. The summed E-state index contributed by atoms with van der Waals surface area (Å²) in [6.45, 7) is 2.00. The van der Waals surface area contributed by atoms with Gasteiger partial charge in [-0.1, -0.05) is 30.7 Å². The predicted octanol–water partition coefficient (Wildman–Crippen LogP) is 4.56. The highest BCUT2D eigenvalue weighted by atomic mass is 16.2. The van der Waals surface area contributed by atoms with E-state index < -0.39 is 0 Å². The molecule has 0 saturated heterocycles. The summed E-state index contributed by atoms with van der Waals surface area (Å²) in [5.41, 5.74) is 3.64. The molecule has 0 fully saturated rings. The summed E-state index contributed by atoms with van der Waals surface area (Å²) >= 11 is 0. The van der Waals surface area contributed by atoms with Crippen molar-refractivity contribution in [3.8, 4) is 0 Å². The molecule has 0 bridgehead atoms. The molecule has 3 N–H and O–H groups in total. The molecule has 2 amide bonds. The van der Waals surface area contributed by atoms with Crippen molar-refractivity contribution in [2.24, 2.45) is 0 Å². The van der Waals surface area contributed by atoms with Gasteiger partial charge in [-0.3, -0.25) is 9.59 Å². The first-order valence-electron chi connectivity index (χ1n) is 9.01. The smallest absolute Gasteiger partial charge is 0.224 e. The molecule has 0 atom stereocenters. The Balaban J connectivity index is 1.62. The maximum Gasteiger partial charge on any atom is 0.224 e. The standard InChI is InChI=1S/C21H27N3O2/c1-16-9-8-10-17(15-16)23-20(25)13-4-3-5-14-21(26)24-19-12-7-6-11-18(19)22-2/h6-12,15,22H,3-5,13-14H2,1-2H3,(H,23,25)(H,24,26). The molecule has 5 nitrogen and oxygen atoms in total. The summed E-state index contributed by atoms with van der Waals surface area (Å²) < 4.78 is 0. The highest BCUT2D eigenvalue weighted by Crippen LogP contribution is 2.20. The second-order valence-corrected chi connectivity index (χ2v) is 6.32. The fourth-order valence-corrected chi connectivity index (χ4v) is 2.72. The van der Waals surface area contributed by atoms with Crippen LogP contribution in [0.1, 0.15) is 37.7 Å². The first kappa shape index (κ1) is 19.5. The van der Waals surface area contributed by atoms with E-state index in [0.717, 1.165) is 41.9 Å². The SMILES string of the molecule is CNc1ccccc1NC(=O)CCCCCC(=O)Nc1cccc(C)c1. The molecule has 0 radical (unpaired) electrons. The van der Waals surface area contributed by atoms with Crippen LogP contribution in [0.25, 0.3) is 0 Å². The monoisotopic (exact) mass is 353 g/mol. The van der Waals surface area contributed by atoms with Crippen LogP contribution < -0.4 is 16.0 Å². The molecular formula is C21H27N3O2. The highest BCUT2D eigenvalue weighted by Gasteiger charge is 2.06. The molecule has 0 spiro atoms. The summed E-state index contributed by atoms with van der Waals surface area (Å²) in [6, 6.07) is 15.4. The van der Waals surface area contributed by atoms with Crippen LogP contribution in [0.2, 0.25) is 0 Å². The third kappa shape index (κ3) is 6.59. The summed E-state index contributed by atoms with van der Waals surface area (Å²) in [7, 11) is 1.83. The largest absolute Gasteiger partial charge is 0.386 e. The van der Waals surface area contributed by atoms with E-state index in [2.05, 4.69) is 16.0 Å². The van der Waals surface area contributed by atoms with Crippen LogP contribution in [0.3, 0.4) is 0 Å². The molecule has 0 saturated carbocycles. The van der Waals surface area contributed by atoms with E-state index in [1.54, 1.807) is 0 Å². The van der Waals surface area contributed by atoms with E-state index in [0.29, 0.717) is 12.8 Å². The number of benzene rings is 2. The van der Waals surface area contributed by atoms with Gasteiger partial charge >= 0.3 is 0 Å². The van der Waals surface area contributed by atoms with Crippen molar-refractivity contribution in [1.29, 1.82) is 0 Å². The molecule has 26 heavy (non-hydrogen) atoms. The van der Waals surface area contributed by atoms with E-state index in [4.69, 9.17) is 0 Å². The summed E-state index contributed by atoms with van der Waals surface area (Å²) in [5, 5.41) is 8.87. The normalized spacial score (nSPS) is 10.2. The number of anilines is 3. The number of rotatable bonds is 9. The maximum absolute atomic E-state index is 12.0. The van der Waals surface area contributed by atoms with Gasteiger partial charge in [0.05, 0.1) is 11.4 Å². The van der Waals surface area contributed by atoms with E-state index in [1.165, 1.54) is 0 Å². The number of hydrogen-bond donors (Lipinski definition) is 3. The molecule has 138 valence electrons. The Morgan fingerprint density at radius 1 is 0.808 bits per heavy atom. The Kier molecular flexibility index (Phi) is 7.68. The Morgan fingerprint density at radius 3 is 2.12 bits per heavy atom. The van der Waals surface area contributed by atoms with Gasteiger partial charge < -0.3 is 16.0 Å². The molecule has 2 aromatic rings. The van der Waals surface area contributed by atoms with Gasteiger partial charge in [0.1, 0.15) is 0 Å². The van der Waals surface area contributed by atoms with Crippen molar-refractivity contribution in [2.45, 2.75) is 39.0 Å². The van der Waals surface area contributed by atoms with Gasteiger partial charge in [-0.25, -0.2) is 0 Å². The molecular weight excluding hydrogens is 326 g/mol. The predicted molar refractivity (Wildman–Crippen MR) is 108 cm³/mol. The molecule has 0 aliphatic heterocycles. The first-order valence-corrected chi connectivity index (χ1v) is 9.01. The molecule has 2 aromatic carbocycles. The van der Waals surface area contributed by atoms with Crippen molar-refractivity contribution < 1.29 is 9.59 Å². The second-order valence-electron chi connectivity index (χ2n) is 6.32. The van der Waals surface area contributed by atoms with Gasteiger partial charge in [0.2, 0.25) is 11.8 Å². The number of carbonyl (C=O) groups is 2. The van der Waals surface area contributed by atoms with E-state index in [1.807, 2.05) is 62.5 Å². The minimum Gasteiger partial charge on any atom is -0.386 e. The summed E-state index contributed by atoms with van der Waals surface area (Å²) in [6.07, 6.45) is 3.32. The van der Waals surface area contributed by atoms with E-state index in [9.17, 15) is 9.59 Å². The average Bonchev–Trinajstić information content (AvgIpc) is 2.62. The quantitative estimate of drug-likeness (QED) is 0.579. The van der Waals surface area contributed by atoms with Crippen LogP contribution in [-0.4, -0.2) is 18.9 Å². The molecule has 0 aliphatic rings. The van der Waals surface area contributed by atoms with Crippen LogP contribution in [-0.2, 0) is 9.59 Å². The number of aryl methyl sites for hydroxylation is 1. The van der Waals surface area contributed by atoms with Crippen molar-refractivity contribution in [3.63, 3.8) is 0 Å². The topological polar surface area (TPSA) is 70.2 Å². The Bertz CT molecular complexity index is 744. The van der Waals surface area contributed by atoms with Crippen LogP contribution >= 0.6 is 0 Å². The van der Waals surface area contributed by atoms with Gasteiger partial charge in [-0.2, -0.15) is 0 Å². The van der Waals surface area contributed by atoms with Gasteiger partial charge in [0.25, 0.3) is 0 Å². The van der Waals surface area contributed by atoms with Gasteiger partial charge in [0.15, 0.2) is 0 Å². The number of para-hydroxylation sites is 2. The highest BCUT2D eigenvalue weighted by molar-refractivity contribution is 5.94. The third-order valence-electron chi connectivity index (χ3n) is 4.08. The lowest BCUT2D eigenvalue weighted by atomic mass is 10.1. The molecule has 0 heterocycles. The van der Waals surface area contributed by atoms with Crippen LogP contribution in [0.4, 0.5) is 17.1 Å². The maximum atomic E-state index is 12.0. The minimum absolute atomic E-state index is 0.00286. The summed E-state index contributed by atoms with van der Waals surface area (Å²) in [5.74, 6) is 0.0138. The Labute approximate surface area is 155 Å². The zero-order valence-corrected chi connectivity index (χ0v) is 15.5. The van der Waals surface area contributed by atoms with Crippen molar-refractivity contribution in [3.05, 3.63) is 54.1 Å². The fourth-order valence-electron chi connectivity index (χ4n) is 2.72. The fraction of sp³-hybridized carbons (Fsp3) is 0.333. The van der Waals surface area contributed by atoms with Gasteiger partial charge in [0, 0.05) is 25.6 Å². The van der Waals surface area contributed by atoms with E-state index in [-0.39, 0.29) is 11.8 Å². The van der Waals surface area contributed by atoms with Crippen LogP contribution in [0.5, 0.6) is 0 Å². The van der Waals surface area contributed by atoms with Gasteiger partial charge in [-0.05, 0) is 49.6 Å². The zero-order valence-electron chi connectivity index (χ0n) is 15.5. The lowest BCUT2D eigenvalue weighted by Crippen LogP contribution is -2.13. The molecule has 2 rings (SSSR count). The summed E-state index contributed by atoms with van der Waals surface area (Å²) in [4.78, 5) is 24.0. The Morgan fingerprint density at radius 2 is 1.46 bits per heavy atom. The molecule has 0 aliphatic carbocycles. The molecule has 5 heteroatoms. The number of hydrogen-bond acceptors (Lipinski definition) is 3. The lowest BCUT2D eigenvalue weighted by Gasteiger charge is -2.10. The number of amides is 2. The lowest BCUT2D eigenvalue weighted by molar-refractivity contribution is -0.116. The van der Waals surface area contributed by atoms with Crippen LogP contribution in [0.15, 0.2) is 48.5 Å². The average molecular weight is 353 g/mol. The second kappa shape index (κ2) is 10.2. The van der Waals surface area contributed by atoms with Gasteiger partial charge in [-0.15, -0.1) is 0 Å². The zero-order chi connectivity index (χ0) is 18.8. The number of carbonyl (C=O) groups excluding carboxylic acids is 2. The minimum atomic E-state index is -0.00286. The van der Waals surface area contributed by atoms with Crippen molar-refractivity contribution in [2.75, 3.05) is 23.0 Å². The number of unbranched alkanes of at least 4 members (excludes halogenated alkanes) is 2.